The molecule has 1 saturated heterocycles. The molecule has 19 heavy (non-hydrogen) atoms. The minimum atomic E-state index is -3.27. The molecule has 1 fully saturated rings. The number of ether oxygens (including phenoxy) is 1. The number of halogens is 2. The third kappa shape index (κ3) is 3.85. The molecule has 0 unspecified atom stereocenters. The van der Waals surface area contributed by atoms with E-state index >= 15 is 0 Å². The number of allylic oxidation sites excluding steroid dienone is 2. The second-order valence-electron chi connectivity index (χ2n) is 4.49. The molecule has 1 heterocycles. The molecule has 1 aliphatic rings. The average Bonchev–Trinajstić information content (AvgIpc) is 2.25. The Balaban J connectivity index is 2.72. The quantitative estimate of drug-likeness (QED) is 0.562. The molecule has 0 radical (unpaired) electrons. The minimum absolute atomic E-state index is 0.0514. The lowest BCUT2D eigenvalue weighted by Crippen LogP contribution is -2.62. The van der Waals surface area contributed by atoms with Crippen molar-refractivity contribution in [3.8, 4) is 0 Å². The molecule has 0 atom stereocenters. The van der Waals surface area contributed by atoms with E-state index in [1.165, 1.54) is 0 Å². The number of carbonyl (C=O) groups excluding carboxylic acids is 1. The molecule has 0 aliphatic carbocycles. The summed E-state index contributed by atoms with van der Waals surface area (Å²) in [6.45, 7) is 4.18. The Morgan fingerprint density at radius 2 is 2.11 bits per heavy atom. The maximum atomic E-state index is 13.2. The monoisotopic (exact) mass is 275 g/mol. The van der Waals surface area contributed by atoms with Gasteiger partial charge in [0, 0.05) is 11.6 Å². The largest absolute Gasteiger partial charge is 0.481 e. The third-order valence-electron chi connectivity index (χ3n) is 2.76. The van der Waals surface area contributed by atoms with Crippen LogP contribution in [0.1, 0.15) is 13.3 Å². The van der Waals surface area contributed by atoms with Gasteiger partial charge >= 0.3 is 5.97 Å². The molecular weight excluding hydrogens is 260 g/mol. The molecule has 0 bridgehead atoms. The molecule has 0 aromatic heterocycles. The van der Waals surface area contributed by atoms with Gasteiger partial charge in [-0.3, -0.25) is 9.59 Å². The average molecular weight is 275 g/mol. The van der Waals surface area contributed by atoms with Crippen LogP contribution in [0, 0.1) is 0 Å². The first-order chi connectivity index (χ1) is 8.71. The van der Waals surface area contributed by atoms with Crippen molar-refractivity contribution in [3.05, 3.63) is 24.3 Å². The van der Waals surface area contributed by atoms with E-state index < -0.39 is 28.9 Å². The lowest BCUT2D eigenvalue weighted by atomic mass is 9.93. The first kappa shape index (κ1) is 15.3. The number of rotatable bonds is 6. The van der Waals surface area contributed by atoms with Crippen LogP contribution in [-0.4, -0.2) is 41.7 Å². The summed E-state index contributed by atoms with van der Waals surface area (Å²) in [7, 11) is 0. The molecule has 0 spiro atoms. The number of carboxylic acids is 1. The smallest absolute Gasteiger partial charge is 0.305 e. The summed E-state index contributed by atoms with van der Waals surface area (Å²) in [6.07, 6.45) is 0.860. The molecule has 5 nitrogen and oxygen atoms in total. The lowest BCUT2D eigenvalue weighted by molar-refractivity contribution is -0.148. The second-order valence-corrected chi connectivity index (χ2v) is 4.49. The van der Waals surface area contributed by atoms with Gasteiger partial charge in [0.15, 0.2) is 0 Å². The van der Waals surface area contributed by atoms with E-state index in [0.717, 1.165) is 13.0 Å². The van der Waals surface area contributed by atoms with Gasteiger partial charge in [-0.15, -0.1) is 0 Å². The summed E-state index contributed by atoms with van der Waals surface area (Å²) >= 11 is 0. The van der Waals surface area contributed by atoms with E-state index in [9.17, 15) is 18.4 Å². The van der Waals surface area contributed by atoms with Crippen LogP contribution in [0.25, 0.3) is 0 Å². The van der Waals surface area contributed by atoms with E-state index in [-0.39, 0.29) is 19.6 Å². The molecule has 1 rings (SSSR count). The van der Waals surface area contributed by atoms with Crippen LogP contribution >= 0.6 is 0 Å². The van der Waals surface area contributed by atoms with E-state index in [2.05, 4.69) is 11.9 Å². The van der Waals surface area contributed by atoms with Crippen LogP contribution in [-0.2, 0) is 14.3 Å². The van der Waals surface area contributed by atoms with Crippen molar-refractivity contribution < 1.29 is 28.2 Å². The number of alkyl halides is 2. The van der Waals surface area contributed by atoms with Crippen LogP contribution < -0.4 is 5.32 Å². The third-order valence-corrected chi connectivity index (χ3v) is 2.76. The van der Waals surface area contributed by atoms with Crippen LogP contribution in [0.15, 0.2) is 24.3 Å². The molecular formula is C12H15F2NO4. The molecule has 7 heteroatoms. The van der Waals surface area contributed by atoms with Gasteiger partial charge in [0.25, 0.3) is 5.92 Å². The van der Waals surface area contributed by atoms with Crippen LogP contribution in [0.5, 0.6) is 0 Å². The summed E-state index contributed by atoms with van der Waals surface area (Å²) in [5, 5.41) is 11.1. The Morgan fingerprint density at radius 3 is 2.47 bits per heavy atom. The Hall–Kier alpha value is -1.76. The molecule has 0 aromatic rings. The van der Waals surface area contributed by atoms with Gasteiger partial charge in [-0.2, -0.15) is 8.78 Å². The Kier molecular flexibility index (Phi) is 4.41. The summed E-state index contributed by atoms with van der Waals surface area (Å²) in [6, 6.07) is 0. The zero-order valence-electron chi connectivity index (χ0n) is 10.4. The number of carboxylic acid groups (broad SMARTS) is 1. The predicted octanol–water partition coefficient (Wildman–Crippen LogP) is 1.11. The topological polar surface area (TPSA) is 75.6 Å². The van der Waals surface area contributed by atoms with E-state index in [1.54, 1.807) is 0 Å². The van der Waals surface area contributed by atoms with Crippen molar-refractivity contribution in [1.29, 1.82) is 0 Å². The fraction of sp³-hybridized carbons (Fsp3) is 0.500. The standard InChI is InChI=1S/C12H15F2NO4/c1-3-12(13,14)8(2)4-9(16)15-11(5-10(17)18)6-19-7-11/h3-4H,1,5-7H2,2H3,(H,15,16)(H,17,18)/b8-4+. The van der Waals surface area contributed by atoms with Crippen molar-refractivity contribution in [2.75, 3.05) is 13.2 Å². The van der Waals surface area contributed by atoms with Gasteiger partial charge in [0.2, 0.25) is 5.91 Å². The Labute approximate surface area is 108 Å². The second kappa shape index (κ2) is 5.48. The zero-order valence-corrected chi connectivity index (χ0v) is 10.4. The van der Waals surface area contributed by atoms with E-state index in [0.29, 0.717) is 6.08 Å². The van der Waals surface area contributed by atoms with Crippen molar-refractivity contribution >= 4 is 11.9 Å². The van der Waals surface area contributed by atoms with Gasteiger partial charge in [0.05, 0.1) is 25.2 Å². The number of hydrogen-bond acceptors (Lipinski definition) is 3. The van der Waals surface area contributed by atoms with Gasteiger partial charge in [-0.05, 0) is 13.0 Å². The predicted molar refractivity (Wildman–Crippen MR) is 62.8 cm³/mol. The minimum Gasteiger partial charge on any atom is -0.481 e. The highest BCUT2D eigenvalue weighted by atomic mass is 19.3. The normalized spacial score (nSPS) is 18.4. The number of aliphatic carboxylic acids is 1. The van der Waals surface area contributed by atoms with Crippen molar-refractivity contribution in [2.24, 2.45) is 0 Å². The maximum Gasteiger partial charge on any atom is 0.305 e. The molecule has 1 aliphatic heterocycles. The number of carbonyl (C=O) groups is 2. The Bertz CT molecular complexity index is 427. The first-order valence-corrected chi connectivity index (χ1v) is 5.53. The molecule has 106 valence electrons. The number of amides is 1. The van der Waals surface area contributed by atoms with Crippen LogP contribution in [0.3, 0.4) is 0 Å². The molecule has 2 N–H and O–H groups in total. The van der Waals surface area contributed by atoms with Crippen molar-refractivity contribution in [3.63, 3.8) is 0 Å². The molecule has 0 saturated carbocycles. The molecule has 1 amide bonds. The number of nitrogens with one attached hydrogen (secondary N) is 1. The summed E-state index contributed by atoms with van der Waals surface area (Å²) < 4.78 is 31.2. The van der Waals surface area contributed by atoms with Crippen molar-refractivity contribution in [1.82, 2.24) is 5.32 Å². The molecule has 0 aromatic carbocycles. The highest BCUT2D eigenvalue weighted by Gasteiger charge is 2.42. The summed E-state index contributed by atoms with van der Waals surface area (Å²) in [4.78, 5) is 22.3. The SMILES string of the molecule is C=CC(F)(F)/C(C)=C/C(=O)NC1(CC(=O)O)COC1. The van der Waals surface area contributed by atoms with Gasteiger partial charge in [0.1, 0.15) is 0 Å². The highest BCUT2D eigenvalue weighted by molar-refractivity contribution is 5.89. The Morgan fingerprint density at radius 1 is 1.53 bits per heavy atom. The lowest BCUT2D eigenvalue weighted by Gasteiger charge is -2.40. The first-order valence-electron chi connectivity index (χ1n) is 5.53. The van der Waals surface area contributed by atoms with Gasteiger partial charge in [-0.1, -0.05) is 6.58 Å². The van der Waals surface area contributed by atoms with E-state index in [4.69, 9.17) is 9.84 Å². The van der Waals surface area contributed by atoms with Gasteiger partial charge in [-0.25, -0.2) is 0 Å². The maximum absolute atomic E-state index is 13.2. The summed E-state index contributed by atoms with van der Waals surface area (Å²) in [5.74, 6) is -5.14. The van der Waals surface area contributed by atoms with Gasteiger partial charge < -0.3 is 15.2 Å². The zero-order chi connectivity index (χ0) is 14.7. The fourth-order valence-corrected chi connectivity index (χ4v) is 1.61. The van der Waals surface area contributed by atoms with Crippen LogP contribution in [0.4, 0.5) is 8.78 Å². The number of hydrogen-bond donors (Lipinski definition) is 2. The van der Waals surface area contributed by atoms with Crippen molar-refractivity contribution in [2.45, 2.75) is 24.8 Å². The van der Waals surface area contributed by atoms with E-state index in [1.807, 2.05) is 0 Å². The highest BCUT2D eigenvalue weighted by Crippen LogP contribution is 2.25. The summed E-state index contributed by atoms with van der Waals surface area (Å²) in [5.41, 5.74) is -1.48. The van der Waals surface area contributed by atoms with Crippen LogP contribution in [0.2, 0.25) is 0 Å². The fourth-order valence-electron chi connectivity index (χ4n) is 1.61.